The second-order valence-electron chi connectivity index (χ2n) is 7.65. The predicted molar refractivity (Wildman–Crippen MR) is 118 cm³/mol. The van der Waals surface area contributed by atoms with Crippen LogP contribution in [0.1, 0.15) is 40.3 Å². The van der Waals surface area contributed by atoms with Crippen LogP contribution in [-0.4, -0.2) is 37.3 Å². The molecule has 1 N–H and O–H groups in total. The van der Waals surface area contributed by atoms with Gasteiger partial charge in [-0.25, -0.2) is 17.1 Å². The Morgan fingerprint density at radius 2 is 1.61 bits per heavy atom. The van der Waals surface area contributed by atoms with E-state index in [2.05, 4.69) is 5.32 Å². The van der Waals surface area contributed by atoms with Crippen LogP contribution >= 0.6 is 0 Å². The molecule has 0 aliphatic carbocycles. The normalized spacial score (nSPS) is 12.7. The number of aryl methyl sites for hydroxylation is 1. The molecule has 2 aromatic carbocycles. The van der Waals surface area contributed by atoms with Crippen molar-refractivity contribution in [3.63, 3.8) is 0 Å². The smallest absolute Gasteiger partial charge is 0.253 e. The average molecular weight is 444 g/mol. The highest BCUT2D eigenvalue weighted by Gasteiger charge is 2.20. The van der Waals surface area contributed by atoms with E-state index in [1.807, 2.05) is 25.3 Å². The number of amides is 1. The average Bonchev–Trinajstić information content (AvgIpc) is 3.03. The number of carbonyl (C=O) groups excluding carboxylic acids is 1. The van der Waals surface area contributed by atoms with E-state index in [4.69, 9.17) is 0 Å². The number of carbonyl (C=O) groups is 1. The van der Waals surface area contributed by atoms with Crippen molar-refractivity contribution < 1.29 is 17.6 Å². The highest BCUT2D eigenvalue weighted by molar-refractivity contribution is 7.89. The molecule has 31 heavy (non-hydrogen) atoms. The van der Waals surface area contributed by atoms with E-state index < -0.39 is 10.0 Å². The highest BCUT2D eigenvalue weighted by Crippen LogP contribution is 2.23. The number of hydrogen-bond donors (Lipinski definition) is 1. The van der Waals surface area contributed by atoms with Gasteiger partial charge in [0.05, 0.1) is 16.5 Å². The molecule has 0 fully saturated rings. The SMILES string of the molecule is Cc1cc(C(=O)NC(C)c2ccc(S(=O)(=O)N(C)C)cc2)c(C)n1-c1ccc(F)cc1. The number of rotatable bonds is 6. The molecule has 0 saturated carbocycles. The van der Waals surface area contributed by atoms with E-state index >= 15 is 0 Å². The second-order valence-corrected chi connectivity index (χ2v) is 9.80. The first-order valence-corrected chi connectivity index (χ1v) is 11.2. The molecule has 0 bridgehead atoms. The van der Waals surface area contributed by atoms with Gasteiger partial charge >= 0.3 is 0 Å². The Morgan fingerprint density at radius 1 is 1.03 bits per heavy atom. The molecule has 6 nitrogen and oxygen atoms in total. The van der Waals surface area contributed by atoms with E-state index in [1.54, 1.807) is 30.3 Å². The van der Waals surface area contributed by atoms with Gasteiger partial charge in [-0.15, -0.1) is 0 Å². The number of hydrogen-bond acceptors (Lipinski definition) is 3. The predicted octanol–water partition coefficient (Wildman–Crippen LogP) is 3.97. The Balaban J connectivity index is 1.80. The van der Waals surface area contributed by atoms with Gasteiger partial charge in [-0.1, -0.05) is 12.1 Å². The zero-order valence-electron chi connectivity index (χ0n) is 18.2. The number of benzene rings is 2. The fourth-order valence-corrected chi connectivity index (χ4v) is 4.38. The third-order valence-electron chi connectivity index (χ3n) is 5.27. The van der Waals surface area contributed by atoms with E-state index in [9.17, 15) is 17.6 Å². The Kier molecular flexibility index (Phi) is 6.33. The molecule has 0 spiro atoms. The van der Waals surface area contributed by atoms with E-state index in [0.717, 1.165) is 26.9 Å². The van der Waals surface area contributed by atoms with Crippen molar-refractivity contribution in [2.45, 2.75) is 31.7 Å². The lowest BCUT2D eigenvalue weighted by atomic mass is 10.1. The Bertz CT molecular complexity index is 1200. The molecule has 1 heterocycles. The molecule has 1 atom stereocenters. The van der Waals surface area contributed by atoms with Crippen molar-refractivity contribution in [1.29, 1.82) is 0 Å². The molecule has 1 unspecified atom stereocenters. The fraction of sp³-hybridized carbons (Fsp3) is 0.261. The fourth-order valence-electron chi connectivity index (χ4n) is 3.48. The molecule has 3 aromatic rings. The summed E-state index contributed by atoms with van der Waals surface area (Å²) in [4.78, 5) is 13.1. The van der Waals surface area contributed by atoms with Crippen LogP contribution in [0, 0.1) is 19.7 Å². The number of nitrogens with one attached hydrogen (secondary N) is 1. The summed E-state index contributed by atoms with van der Waals surface area (Å²) in [5.74, 6) is -0.554. The standard InChI is InChI=1S/C23H26FN3O3S/c1-15-14-22(17(3)27(15)20-10-8-19(24)9-11-20)23(28)25-16(2)18-6-12-21(13-7-18)31(29,30)26(4)5/h6-14,16H,1-5H3,(H,25,28). The Labute approximate surface area is 182 Å². The molecule has 0 aliphatic rings. The summed E-state index contributed by atoms with van der Waals surface area (Å²) in [6.45, 7) is 5.57. The van der Waals surface area contributed by atoms with E-state index in [0.29, 0.717) is 5.56 Å². The summed E-state index contributed by atoms with van der Waals surface area (Å²) >= 11 is 0. The zero-order chi connectivity index (χ0) is 22.9. The summed E-state index contributed by atoms with van der Waals surface area (Å²) in [6.07, 6.45) is 0. The van der Waals surface area contributed by atoms with E-state index in [-0.39, 0.29) is 22.7 Å². The van der Waals surface area contributed by atoms with Crippen LogP contribution in [0.5, 0.6) is 0 Å². The second kappa shape index (κ2) is 8.64. The van der Waals surface area contributed by atoms with Crippen LogP contribution in [0.25, 0.3) is 5.69 Å². The molecule has 0 saturated heterocycles. The Morgan fingerprint density at radius 3 is 2.16 bits per heavy atom. The molecule has 0 radical (unpaired) electrons. The number of nitrogens with zero attached hydrogens (tertiary/aromatic N) is 2. The lowest BCUT2D eigenvalue weighted by Crippen LogP contribution is -2.27. The molecular formula is C23H26FN3O3S. The Hall–Kier alpha value is -2.97. The van der Waals surface area contributed by atoms with Gasteiger partial charge in [0.15, 0.2) is 0 Å². The van der Waals surface area contributed by atoms with Gasteiger partial charge in [0, 0.05) is 31.2 Å². The van der Waals surface area contributed by atoms with Crippen LogP contribution in [0.2, 0.25) is 0 Å². The maximum Gasteiger partial charge on any atom is 0.253 e. The molecular weight excluding hydrogens is 417 g/mol. The van der Waals surface area contributed by atoms with Gasteiger partial charge in [0.2, 0.25) is 10.0 Å². The van der Waals surface area contributed by atoms with Gasteiger partial charge in [-0.2, -0.15) is 0 Å². The van der Waals surface area contributed by atoms with E-state index in [1.165, 1.54) is 38.4 Å². The van der Waals surface area contributed by atoms with Crippen LogP contribution in [-0.2, 0) is 10.0 Å². The summed E-state index contributed by atoms with van der Waals surface area (Å²) < 4.78 is 40.8. The lowest BCUT2D eigenvalue weighted by molar-refractivity contribution is 0.0939. The number of sulfonamides is 1. The van der Waals surface area contributed by atoms with Gasteiger partial charge in [0.1, 0.15) is 5.82 Å². The molecule has 164 valence electrons. The molecule has 3 rings (SSSR count). The maximum absolute atomic E-state index is 13.3. The quantitative estimate of drug-likeness (QED) is 0.627. The monoisotopic (exact) mass is 443 g/mol. The van der Waals surface area contributed by atoms with Crippen molar-refractivity contribution in [2.75, 3.05) is 14.1 Å². The highest BCUT2D eigenvalue weighted by atomic mass is 32.2. The minimum atomic E-state index is -3.50. The molecule has 0 aliphatic heterocycles. The summed E-state index contributed by atoms with van der Waals surface area (Å²) in [6, 6.07) is 14.1. The first kappa shape index (κ1) is 22.7. The van der Waals surface area contributed by atoms with Crippen molar-refractivity contribution >= 4 is 15.9 Å². The van der Waals surface area contributed by atoms with Crippen molar-refractivity contribution in [2.24, 2.45) is 0 Å². The third-order valence-corrected chi connectivity index (χ3v) is 7.10. The minimum absolute atomic E-state index is 0.197. The maximum atomic E-state index is 13.3. The van der Waals surface area contributed by atoms with Gasteiger partial charge < -0.3 is 9.88 Å². The van der Waals surface area contributed by atoms with Crippen molar-refractivity contribution in [1.82, 2.24) is 14.2 Å². The van der Waals surface area contributed by atoms with Crippen LogP contribution < -0.4 is 5.32 Å². The molecule has 1 amide bonds. The van der Waals surface area contributed by atoms with Crippen LogP contribution in [0.15, 0.2) is 59.5 Å². The largest absolute Gasteiger partial charge is 0.345 e. The first-order valence-electron chi connectivity index (χ1n) is 9.80. The lowest BCUT2D eigenvalue weighted by Gasteiger charge is -2.16. The van der Waals surface area contributed by atoms with Crippen molar-refractivity contribution in [3.8, 4) is 5.69 Å². The summed E-state index contributed by atoms with van der Waals surface area (Å²) in [7, 11) is -0.541. The summed E-state index contributed by atoms with van der Waals surface area (Å²) in [5, 5.41) is 2.96. The van der Waals surface area contributed by atoms with Crippen molar-refractivity contribution in [3.05, 3.63) is 82.9 Å². The van der Waals surface area contributed by atoms with Gasteiger partial charge in [0.25, 0.3) is 5.91 Å². The first-order chi connectivity index (χ1) is 14.5. The topological polar surface area (TPSA) is 71.4 Å². The van der Waals surface area contributed by atoms with Crippen LogP contribution in [0.3, 0.4) is 0 Å². The minimum Gasteiger partial charge on any atom is -0.345 e. The number of halogens is 1. The number of aromatic nitrogens is 1. The molecule has 8 heteroatoms. The molecule has 1 aromatic heterocycles. The van der Waals surface area contributed by atoms with Crippen LogP contribution in [0.4, 0.5) is 4.39 Å². The van der Waals surface area contributed by atoms with Gasteiger partial charge in [-0.3, -0.25) is 4.79 Å². The van der Waals surface area contributed by atoms with Gasteiger partial charge in [-0.05, 0) is 68.8 Å². The zero-order valence-corrected chi connectivity index (χ0v) is 19.0. The third kappa shape index (κ3) is 4.55. The summed E-state index contributed by atoms with van der Waals surface area (Å²) in [5.41, 5.74) is 3.71.